The van der Waals surface area contributed by atoms with Crippen LogP contribution >= 0.6 is 0 Å². The SMILES string of the molecule is O=C(OCC1c2ccccc2-c2ccccc21)N1C2C=C(Cc3cc(F)cc(C(F)(F)F)c3)CC1CC2. The Labute approximate surface area is 212 Å². The summed E-state index contributed by atoms with van der Waals surface area (Å²) in [6.07, 6.45) is -0.679. The summed E-state index contributed by atoms with van der Waals surface area (Å²) in [5.41, 5.74) is 4.84. The van der Waals surface area contributed by atoms with E-state index < -0.39 is 17.6 Å². The Morgan fingerprint density at radius 1 is 0.946 bits per heavy atom. The Morgan fingerprint density at radius 2 is 1.62 bits per heavy atom. The number of halogens is 4. The fourth-order valence-electron chi connectivity index (χ4n) is 6.18. The standard InChI is InChI=1S/C30H25F4NO2/c31-21-13-18(12-20(16-21)30(32,33)34)11-19-14-22-9-10-23(15-19)35(22)29(36)37-17-28-26-7-3-1-5-24(26)25-6-2-4-8-27(25)28/h1-8,12-14,16,22-23,28H,9-11,15,17H2. The summed E-state index contributed by atoms with van der Waals surface area (Å²) in [4.78, 5) is 15.0. The van der Waals surface area contributed by atoms with Gasteiger partial charge < -0.3 is 4.74 Å². The number of ether oxygens (including phenoxy) is 1. The van der Waals surface area contributed by atoms with Gasteiger partial charge in [-0.15, -0.1) is 0 Å². The normalized spacial score (nSPS) is 20.4. The van der Waals surface area contributed by atoms with Crippen molar-refractivity contribution >= 4 is 6.09 Å². The van der Waals surface area contributed by atoms with Crippen molar-refractivity contribution in [2.24, 2.45) is 0 Å². The number of hydrogen-bond donors (Lipinski definition) is 0. The van der Waals surface area contributed by atoms with Gasteiger partial charge in [-0.3, -0.25) is 4.90 Å². The average Bonchev–Trinajstić information content (AvgIpc) is 3.33. The largest absolute Gasteiger partial charge is 0.448 e. The number of hydrogen-bond acceptors (Lipinski definition) is 2. The molecule has 3 aliphatic rings. The van der Waals surface area contributed by atoms with Crippen LogP contribution in [0.25, 0.3) is 11.1 Å². The molecule has 2 heterocycles. The minimum absolute atomic E-state index is 0.0271. The van der Waals surface area contributed by atoms with Crippen LogP contribution in [0.1, 0.15) is 47.4 Å². The van der Waals surface area contributed by atoms with Crippen molar-refractivity contribution in [3.8, 4) is 11.1 Å². The summed E-state index contributed by atoms with van der Waals surface area (Å²) in [5.74, 6) is -0.926. The zero-order valence-corrected chi connectivity index (χ0v) is 20.0. The van der Waals surface area contributed by atoms with E-state index >= 15 is 0 Å². The van der Waals surface area contributed by atoms with Crippen molar-refractivity contribution in [2.45, 2.75) is 49.9 Å². The molecule has 2 atom stereocenters. The molecule has 1 fully saturated rings. The molecule has 0 radical (unpaired) electrons. The molecule has 3 aromatic rings. The highest BCUT2D eigenvalue weighted by Gasteiger charge is 2.41. The lowest BCUT2D eigenvalue weighted by Crippen LogP contribution is -2.44. The molecule has 3 aromatic carbocycles. The Kier molecular flexibility index (Phi) is 5.81. The topological polar surface area (TPSA) is 29.5 Å². The first-order valence-electron chi connectivity index (χ1n) is 12.5. The lowest BCUT2D eigenvalue weighted by molar-refractivity contribution is -0.137. The maximum Gasteiger partial charge on any atom is 0.416 e. The van der Waals surface area contributed by atoms with Crippen LogP contribution in [0, 0.1) is 5.82 Å². The molecule has 3 nitrogen and oxygen atoms in total. The molecular weight excluding hydrogens is 482 g/mol. The monoisotopic (exact) mass is 507 g/mol. The average molecular weight is 508 g/mol. The second-order valence-electron chi connectivity index (χ2n) is 10.1. The molecular formula is C30H25F4NO2. The van der Waals surface area contributed by atoms with Gasteiger partial charge in [0.2, 0.25) is 0 Å². The van der Waals surface area contributed by atoms with Crippen LogP contribution < -0.4 is 0 Å². The van der Waals surface area contributed by atoms with E-state index in [1.165, 1.54) is 0 Å². The number of rotatable bonds is 4. The number of benzene rings is 3. The number of carbonyl (C=O) groups is 1. The maximum atomic E-state index is 13.9. The van der Waals surface area contributed by atoms with Crippen LogP contribution in [0.5, 0.6) is 0 Å². The maximum absolute atomic E-state index is 13.9. The molecule has 1 amide bonds. The highest BCUT2D eigenvalue weighted by molar-refractivity contribution is 5.79. The number of fused-ring (bicyclic) bond motifs is 5. The zero-order chi connectivity index (χ0) is 25.7. The number of alkyl halides is 3. The summed E-state index contributed by atoms with van der Waals surface area (Å²) in [6, 6.07) is 18.7. The van der Waals surface area contributed by atoms with Crippen molar-refractivity contribution < 1.29 is 27.1 Å². The highest BCUT2D eigenvalue weighted by Crippen LogP contribution is 2.45. The van der Waals surface area contributed by atoms with E-state index in [2.05, 4.69) is 24.3 Å². The minimum atomic E-state index is -4.60. The molecule has 2 aliphatic heterocycles. The van der Waals surface area contributed by atoms with Gasteiger partial charge >= 0.3 is 12.3 Å². The van der Waals surface area contributed by atoms with Crippen LogP contribution in [0.3, 0.4) is 0 Å². The van der Waals surface area contributed by atoms with E-state index in [0.29, 0.717) is 12.5 Å². The van der Waals surface area contributed by atoms with Gasteiger partial charge in [-0.1, -0.05) is 60.2 Å². The van der Waals surface area contributed by atoms with Crippen molar-refractivity contribution in [2.75, 3.05) is 6.61 Å². The quantitative estimate of drug-likeness (QED) is 0.270. The van der Waals surface area contributed by atoms with Gasteiger partial charge in [0.15, 0.2) is 0 Å². The molecule has 37 heavy (non-hydrogen) atoms. The van der Waals surface area contributed by atoms with Crippen LogP contribution in [0.15, 0.2) is 78.4 Å². The summed E-state index contributed by atoms with van der Waals surface area (Å²) >= 11 is 0. The molecule has 1 saturated heterocycles. The smallest absolute Gasteiger partial charge is 0.416 e. The molecule has 190 valence electrons. The predicted octanol–water partition coefficient (Wildman–Crippen LogP) is 7.50. The first-order chi connectivity index (χ1) is 17.8. The number of carbonyl (C=O) groups excluding carboxylic acids is 1. The van der Waals surface area contributed by atoms with Gasteiger partial charge in [-0.25, -0.2) is 9.18 Å². The third kappa shape index (κ3) is 4.41. The third-order valence-corrected chi connectivity index (χ3v) is 7.74. The van der Waals surface area contributed by atoms with Crippen LogP contribution in [-0.2, 0) is 17.3 Å². The lowest BCUT2D eigenvalue weighted by Gasteiger charge is -2.33. The fourth-order valence-corrected chi connectivity index (χ4v) is 6.18. The van der Waals surface area contributed by atoms with Crippen molar-refractivity contribution in [3.63, 3.8) is 0 Å². The van der Waals surface area contributed by atoms with E-state index in [1.807, 2.05) is 30.3 Å². The molecule has 0 spiro atoms. The number of amides is 1. The predicted molar refractivity (Wildman–Crippen MR) is 132 cm³/mol. The Bertz CT molecular complexity index is 1350. The van der Waals surface area contributed by atoms with Gasteiger partial charge in [-0.2, -0.15) is 13.2 Å². The first kappa shape index (κ1) is 23.8. The van der Waals surface area contributed by atoms with Gasteiger partial charge in [0.1, 0.15) is 12.4 Å². The van der Waals surface area contributed by atoms with E-state index in [9.17, 15) is 22.4 Å². The Morgan fingerprint density at radius 3 is 2.27 bits per heavy atom. The minimum Gasteiger partial charge on any atom is -0.448 e. The molecule has 7 heteroatoms. The summed E-state index contributed by atoms with van der Waals surface area (Å²) in [7, 11) is 0. The van der Waals surface area contributed by atoms with Crippen molar-refractivity contribution in [3.05, 3.63) is 106 Å². The molecule has 2 bridgehead atoms. The molecule has 0 saturated carbocycles. The lowest BCUT2D eigenvalue weighted by atomic mass is 9.94. The van der Waals surface area contributed by atoms with Gasteiger partial charge in [0.05, 0.1) is 11.6 Å². The van der Waals surface area contributed by atoms with Crippen LogP contribution in [0.4, 0.5) is 22.4 Å². The second kappa shape index (κ2) is 9.05. The molecule has 1 aliphatic carbocycles. The van der Waals surface area contributed by atoms with E-state index in [0.717, 1.165) is 52.8 Å². The zero-order valence-electron chi connectivity index (χ0n) is 20.0. The van der Waals surface area contributed by atoms with Crippen LogP contribution in [-0.4, -0.2) is 29.7 Å². The summed E-state index contributed by atoms with van der Waals surface area (Å²) in [5, 5.41) is 0. The Balaban J connectivity index is 1.16. The Hall–Kier alpha value is -3.61. The highest BCUT2D eigenvalue weighted by atomic mass is 19.4. The second-order valence-corrected chi connectivity index (χ2v) is 10.1. The van der Waals surface area contributed by atoms with Crippen molar-refractivity contribution in [1.82, 2.24) is 4.90 Å². The molecule has 2 unspecified atom stereocenters. The van der Waals surface area contributed by atoms with E-state index in [1.54, 1.807) is 4.90 Å². The number of nitrogens with zero attached hydrogens (tertiary/aromatic N) is 1. The van der Waals surface area contributed by atoms with Gasteiger partial charge in [0, 0.05) is 12.0 Å². The summed E-state index contributed by atoms with van der Waals surface area (Å²) < 4.78 is 59.1. The van der Waals surface area contributed by atoms with Gasteiger partial charge in [0.25, 0.3) is 0 Å². The summed E-state index contributed by atoms with van der Waals surface area (Å²) in [6.45, 7) is 0.239. The molecule has 0 N–H and O–H groups in total. The fraction of sp³-hybridized carbons (Fsp3) is 0.300. The molecule has 6 rings (SSSR count). The molecule has 0 aromatic heterocycles. The van der Waals surface area contributed by atoms with E-state index in [4.69, 9.17) is 4.74 Å². The first-order valence-corrected chi connectivity index (χ1v) is 12.5. The van der Waals surface area contributed by atoms with Crippen molar-refractivity contribution in [1.29, 1.82) is 0 Å². The van der Waals surface area contributed by atoms with Gasteiger partial charge in [-0.05, 0) is 71.7 Å². The third-order valence-electron chi connectivity index (χ3n) is 7.74. The van der Waals surface area contributed by atoms with E-state index in [-0.39, 0.29) is 42.7 Å². The van der Waals surface area contributed by atoms with Crippen LogP contribution in [0.2, 0.25) is 0 Å².